The van der Waals surface area contributed by atoms with Gasteiger partial charge in [-0.05, 0) is 73.7 Å². The second-order valence-electron chi connectivity index (χ2n) is 8.48. The normalized spacial score (nSPS) is 15.2. The largest absolute Gasteiger partial charge is 0.372 e. The highest BCUT2D eigenvalue weighted by Gasteiger charge is 2.20. The summed E-state index contributed by atoms with van der Waals surface area (Å²) in [6.45, 7) is 2.84. The number of carbonyl (C=O) groups excluding carboxylic acids is 2. The lowest BCUT2D eigenvalue weighted by Gasteiger charge is -2.28. The van der Waals surface area contributed by atoms with Crippen LogP contribution in [0.25, 0.3) is 0 Å². The van der Waals surface area contributed by atoms with Crippen LogP contribution >= 0.6 is 11.8 Å². The Kier molecular flexibility index (Phi) is 6.35. The van der Waals surface area contributed by atoms with E-state index in [-0.39, 0.29) is 11.8 Å². The summed E-state index contributed by atoms with van der Waals surface area (Å²) in [4.78, 5) is 29.6. The maximum Gasteiger partial charge on any atom is 0.256 e. The van der Waals surface area contributed by atoms with Gasteiger partial charge in [0.25, 0.3) is 11.8 Å². The monoisotopic (exact) mass is 457 g/mol. The SMILES string of the molecule is O=C(NCCc1ccc(N2CCCCC2)cc1)c1ccc2c(c1)NC(=O)c1ccccc1S2. The Bertz CT molecular complexity index is 1170. The fourth-order valence-electron chi connectivity index (χ4n) is 4.36. The Morgan fingerprint density at radius 2 is 1.73 bits per heavy atom. The summed E-state index contributed by atoms with van der Waals surface area (Å²) >= 11 is 1.54. The van der Waals surface area contributed by atoms with Gasteiger partial charge in [0, 0.05) is 40.7 Å². The number of amides is 2. The predicted octanol–water partition coefficient (Wildman–Crippen LogP) is 5.37. The Hall–Kier alpha value is -3.25. The highest BCUT2D eigenvalue weighted by atomic mass is 32.2. The molecule has 2 aliphatic rings. The molecule has 2 heterocycles. The summed E-state index contributed by atoms with van der Waals surface area (Å²) in [5.41, 5.74) is 4.35. The average Bonchev–Trinajstić information content (AvgIpc) is 3.00. The highest BCUT2D eigenvalue weighted by molar-refractivity contribution is 7.99. The van der Waals surface area contributed by atoms with E-state index in [1.807, 2.05) is 36.4 Å². The van der Waals surface area contributed by atoms with Crippen molar-refractivity contribution >= 4 is 35.0 Å². The van der Waals surface area contributed by atoms with E-state index in [2.05, 4.69) is 39.8 Å². The molecule has 2 aliphatic heterocycles. The van der Waals surface area contributed by atoms with Crippen molar-refractivity contribution in [3.05, 3.63) is 83.4 Å². The van der Waals surface area contributed by atoms with Gasteiger partial charge in [-0.25, -0.2) is 0 Å². The predicted molar refractivity (Wildman–Crippen MR) is 134 cm³/mol. The van der Waals surface area contributed by atoms with Crippen LogP contribution in [0, 0.1) is 0 Å². The van der Waals surface area contributed by atoms with Crippen molar-refractivity contribution in [3.8, 4) is 0 Å². The highest BCUT2D eigenvalue weighted by Crippen LogP contribution is 2.39. The molecule has 0 radical (unpaired) electrons. The van der Waals surface area contributed by atoms with E-state index < -0.39 is 0 Å². The third kappa shape index (κ3) is 4.91. The van der Waals surface area contributed by atoms with Crippen LogP contribution in [0.3, 0.4) is 0 Å². The zero-order valence-corrected chi connectivity index (χ0v) is 19.3. The van der Waals surface area contributed by atoms with E-state index >= 15 is 0 Å². The van der Waals surface area contributed by atoms with E-state index in [1.165, 1.54) is 42.3 Å². The molecule has 5 nitrogen and oxygen atoms in total. The van der Waals surface area contributed by atoms with Gasteiger partial charge in [-0.2, -0.15) is 0 Å². The second-order valence-corrected chi connectivity index (χ2v) is 9.57. The van der Waals surface area contributed by atoms with Crippen molar-refractivity contribution in [3.63, 3.8) is 0 Å². The lowest BCUT2D eigenvalue weighted by molar-refractivity contribution is 0.0952. The first-order chi connectivity index (χ1) is 16.2. The molecule has 2 amide bonds. The molecule has 0 aromatic heterocycles. The quantitative estimate of drug-likeness (QED) is 0.541. The van der Waals surface area contributed by atoms with Crippen LogP contribution in [0.1, 0.15) is 45.5 Å². The van der Waals surface area contributed by atoms with Gasteiger partial charge >= 0.3 is 0 Å². The molecule has 5 rings (SSSR count). The molecule has 1 fully saturated rings. The Labute approximate surface area is 198 Å². The number of nitrogens with one attached hydrogen (secondary N) is 2. The van der Waals surface area contributed by atoms with Crippen LogP contribution in [0.5, 0.6) is 0 Å². The van der Waals surface area contributed by atoms with Crippen molar-refractivity contribution in [2.45, 2.75) is 35.5 Å². The fraction of sp³-hybridized carbons (Fsp3) is 0.259. The van der Waals surface area contributed by atoms with E-state index in [0.717, 1.165) is 29.3 Å². The third-order valence-electron chi connectivity index (χ3n) is 6.20. The van der Waals surface area contributed by atoms with Gasteiger partial charge in [0.15, 0.2) is 0 Å². The molecule has 0 aliphatic carbocycles. The smallest absolute Gasteiger partial charge is 0.256 e. The number of fused-ring (bicyclic) bond motifs is 2. The van der Waals surface area contributed by atoms with Crippen molar-refractivity contribution in [2.75, 3.05) is 29.9 Å². The lowest BCUT2D eigenvalue weighted by atomic mass is 10.1. The summed E-state index contributed by atoms with van der Waals surface area (Å²) < 4.78 is 0. The molecule has 0 saturated carbocycles. The molecule has 3 aromatic rings. The first-order valence-electron chi connectivity index (χ1n) is 11.5. The molecular formula is C27H27N3O2S. The molecule has 168 valence electrons. The van der Waals surface area contributed by atoms with Gasteiger partial charge in [0.05, 0.1) is 11.3 Å². The number of hydrogen-bond acceptors (Lipinski definition) is 4. The van der Waals surface area contributed by atoms with Gasteiger partial charge in [0.2, 0.25) is 0 Å². The van der Waals surface area contributed by atoms with Crippen LogP contribution in [0.4, 0.5) is 11.4 Å². The third-order valence-corrected chi connectivity index (χ3v) is 7.35. The summed E-state index contributed by atoms with van der Waals surface area (Å²) in [6, 6.07) is 21.7. The zero-order chi connectivity index (χ0) is 22.6. The summed E-state index contributed by atoms with van der Waals surface area (Å²) in [6.07, 6.45) is 4.65. The topological polar surface area (TPSA) is 61.4 Å². The number of carbonyl (C=O) groups is 2. The lowest BCUT2D eigenvalue weighted by Crippen LogP contribution is -2.29. The number of benzene rings is 3. The molecule has 3 aromatic carbocycles. The second kappa shape index (κ2) is 9.71. The molecular weight excluding hydrogens is 430 g/mol. The van der Waals surface area contributed by atoms with Crippen molar-refractivity contribution in [1.29, 1.82) is 0 Å². The number of rotatable bonds is 5. The summed E-state index contributed by atoms with van der Waals surface area (Å²) in [5, 5.41) is 5.95. The minimum Gasteiger partial charge on any atom is -0.372 e. The van der Waals surface area contributed by atoms with Crippen LogP contribution in [-0.4, -0.2) is 31.4 Å². The molecule has 0 atom stereocenters. The van der Waals surface area contributed by atoms with Crippen molar-refractivity contribution < 1.29 is 9.59 Å². The van der Waals surface area contributed by atoms with Crippen LogP contribution in [0.2, 0.25) is 0 Å². The van der Waals surface area contributed by atoms with Crippen LogP contribution in [-0.2, 0) is 6.42 Å². The molecule has 2 N–H and O–H groups in total. The van der Waals surface area contributed by atoms with Crippen molar-refractivity contribution in [1.82, 2.24) is 5.32 Å². The number of nitrogens with zero attached hydrogens (tertiary/aromatic N) is 1. The average molecular weight is 458 g/mol. The molecule has 6 heteroatoms. The minimum atomic E-state index is -0.151. The van der Waals surface area contributed by atoms with Gasteiger partial charge < -0.3 is 15.5 Å². The molecule has 0 unspecified atom stereocenters. The molecule has 33 heavy (non-hydrogen) atoms. The summed E-state index contributed by atoms with van der Waals surface area (Å²) in [7, 11) is 0. The van der Waals surface area contributed by atoms with Gasteiger partial charge in [-0.1, -0.05) is 36.0 Å². The van der Waals surface area contributed by atoms with Crippen LogP contribution in [0.15, 0.2) is 76.5 Å². The molecule has 0 bridgehead atoms. The van der Waals surface area contributed by atoms with Gasteiger partial charge in [-0.15, -0.1) is 0 Å². The van der Waals surface area contributed by atoms with E-state index in [1.54, 1.807) is 6.07 Å². The Balaban J connectivity index is 1.19. The molecule has 0 spiro atoms. The van der Waals surface area contributed by atoms with E-state index in [9.17, 15) is 9.59 Å². The van der Waals surface area contributed by atoms with Crippen LogP contribution < -0.4 is 15.5 Å². The summed E-state index contributed by atoms with van der Waals surface area (Å²) in [5.74, 6) is -0.286. The first kappa shape index (κ1) is 21.6. The van der Waals surface area contributed by atoms with E-state index in [4.69, 9.17) is 0 Å². The van der Waals surface area contributed by atoms with Gasteiger partial charge in [0.1, 0.15) is 0 Å². The van der Waals surface area contributed by atoms with E-state index in [0.29, 0.717) is 23.4 Å². The number of anilines is 2. The fourth-order valence-corrected chi connectivity index (χ4v) is 5.37. The Morgan fingerprint density at radius 3 is 2.55 bits per heavy atom. The minimum absolute atomic E-state index is 0.135. The maximum atomic E-state index is 12.7. The number of hydrogen-bond donors (Lipinski definition) is 2. The van der Waals surface area contributed by atoms with Gasteiger partial charge in [-0.3, -0.25) is 9.59 Å². The standard InChI is InChI=1S/C27H27N3O2S/c31-26(28-15-14-19-8-11-21(12-9-19)30-16-4-1-5-17-30)20-10-13-25-23(18-20)29-27(32)22-6-2-3-7-24(22)33-25/h2-3,6-13,18H,1,4-5,14-17H2,(H,28,31)(H,29,32). The zero-order valence-electron chi connectivity index (χ0n) is 18.5. The Morgan fingerprint density at radius 1 is 0.939 bits per heavy atom. The van der Waals surface area contributed by atoms with Crippen molar-refractivity contribution in [2.24, 2.45) is 0 Å². The number of piperidine rings is 1. The first-order valence-corrected chi connectivity index (χ1v) is 12.3. The maximum absolute atomic E-state index is 12.7. The molecule has 1 saturated heterocycles.